The molecule has 3 amide bonds. The van der Waals surface area contributed by atoms with Gasteiger partial charge in [-0.1, -0.05) is 27.5 Å². The summed E-state index contributed by atoms with van der Waals surface area (Å²) < 4.78 is 5.86. The molecule has 1 aliphatic rings. The Kier molecular flexibility index (Phi) is 7.07. The van der Waals surface area contributed by atoms with Crippen molar-refractivity contribution in [2.75, 3.05) is 18.1 Å². The first-order chi connectivity index (χ1) is 14.3. The molecule has 0 radical (unpaired) electrons. The third-order valence-electron chi connectivity index (χ3n) is 4.36. The number of nitrogens with one attached hydrogen (secondary N) is 2. The van der Waals surface area contributed by atoms with E-state index >= 15 is 0 Å². The Hall–Kier alpha value is -2.91. The molecule has 2 aromatic rings. The predicted molar refractivity (Wildman–Crippen MR) is 113 cm³/mol. The zero-order chi connectivity index (χ0) is 21.7. The van der Waals surface area contributed by atoms with Crippen LogP contribution in [0, 0.1) is 5.92 Å². The van der Waals surface area contributed by atoms with Gasteiger partial charge in [-0.25, -0.2) is 0 Å². The Morgan fingerprint density at radius 3 is 2.40 bits per heavy atom. The third-order valence-corrected chi connectivity index (χ3v) is 5.14. The van der Waals surface area contributed by atoms with Crippen LogP contribution in [0.25, 0.3) is 0 Å². The normalized spacial score (nSPS) is 15.6. The first-order valence-electron chi connectivity index (χ1n) is 8.91. The number of ether oxygens (including phenoxy) is 1. The van der Waals surface area contributed by atoms with E-state index in [0.29, 0.717) is 16.3 Å². The van der Waals surface area contributed by atoms with E-state index in [1.807, 2.05) is 0 Å². The quantitative estimate of drug-likeness (QED) is 0.491. The van der Waals surface area contributed by atoms with Crippen molar-refractivity contribution in [1.29, 1.82) is 0 Å². The maximum Gasteiger partial charge on any atom is 0.311 e. The lowest BCUT2D eigenvalue weighted by molar-refractivity contribution is -0.152. The van der Waals surface area contributed by atoms with Crippen molar-refractivity contribution in [1.82, 2.24) is 10.9 Å². The molecule has 1 fully saturated rings. The molecule has 1 saturated heterocycles. The molecule has 0 aromatic heterocycles. The topological polar surface area (TPSA) is 105 Å². The molecule has 1 aliphatic heterocycles. The van der Waals surface area contributed by atoms with Gasteiger partial charge in [0.25, 0.3) is 11.8 Å². The van der Waals surface area contributed by atoms with Gasteiger partial charge in [-0.05, 0) is 48.5 Å². The average Bonchev–Trinajstić information content (AvgIpc) is 3.13. The molecule has 0 bridgehead atoms. The van der Waals surface area contributed by atoms with Crippen LogP contribution in [-0.2, 0) is 19.1 Å². The van der Waals surface area contributed by atoms with Gasteiger partial charge in [-0.15, -0.1) is 0 Å². The van der Waals surface area contributed by atoms with Crippen LogP contribution >= 0.6 is 27.5 Å². The molecule has 2 N–H and O–H groups in total. The summed E-state index contributed by atoms with van der Waals surface area (Å²) in [5.74, 6) is -2.77. The third kappa shape index (κ3) is 5.58. The van der Waals surface area contributed by atoms with E-state index in [1.54, 1.807) is 36.4 Å². The van der Waals surface area contributed by atoms with Gasteiger partial charge in [0.2, 0.25) is 5.91 Å². The van der Waals surface area contributed by atoms with Crippen molar-refractivity contribution in [3.8, 4) is 0 Å². The molecule has 1 heterocycles. The van der Waals surface area contributed by atoms with Gasteiger partial charge in [-0.2, -0.15) is 0 Å². The minimum Gasteiger partial charge on any atom is -0.455 e. The molecule has 10 heteroatoms. The smallest absolute Gasteiger partial charge is 0.311 e. The lowest BCUT2D eigenvalue weighted by atomic mass is 10.1. The predicted octanol–water partition coefficient (Wildman–Crippen LogP) is 2.46. The van der Waals surface area contributed by atoms with Crippen LogP contribution in [0.2, 0.25) is 5.02 Å². The van der Waals surface area contributed by atoms with E-state index in [-0.39, 0.29) is 18.9 Å². The van der Waals surface area contributed by atoms with E-state index in [0.717, 1.165) is 4.47 Å². The second-order valence-electron chi connectivity index (χ2n) is 6.50. The van der Waals surface area contributed by atoms with Crippen LogP contribution in [0.3, 0.4) is 0 Å². The van der Waals surface area contributed by atoms with Crippen molar-refractivity contribution < 1.29 is 23.9 Å². The molecule has 3 rings (SSSR count). The number of anilines is 1. The van der Waals surface area contributed by atoms with Gasteiger partial charge in [0.15, 0.2) is 6.61 Å². The Morgan fingerprint density at radius 2 is 1.73 bits per heavy atom. The zero-order valence-corrected chi connectivity index (χ0v) is 17.9. The lowest BCUT2D eigenvalue weighted by Gasteiger charge is -2.16. The van der Waals surface area contributed by atoms with E-state index < -0.39 is 30.3 Å². The molecule has 30 heavy (non-hydrogen) atoms. The number of rotatable bonds is 5. The molecule has 0 saturated carbocycles. The number of amides is 3. The highest BCUT2D eigenvalue weighted by atomic mass is 79.9. The molecule has 0 unspecified atom stereocenters. The fourth-order valence-electron chi connectivity index (χ4n) is 2.83. The first-order valence-corrected chi connectivity index (χ1v) is 10.1. The monoisotopic (exact) mass is 493 g/mol. The summed E-state index contributed by atoms with van der Waals surface area (Å²) in [5.41, 5.74) is 5.35. The van der Waals surface area contributed by atoms with Crippen molar-refractivity contribution in [2.45, 2.75) is 6.42 Å². The fraction of sp³-hybridized carbons (Fsp3) is 0.200. The number of halogens is 2. The van der Waals surface area contributed by atoms with E-state index in [2.05, 4.69) is 26.8 Å². The minimum absolute atomic E-state index is 0.00379. The number of esters is 1. The number of nitrogens with zero attached hydrogens (tertiary/aromatic N) is 1. The van der Waals surface area contributed by atoms with Crippen LogP contribution in [0.4, 0.5) is 5.69 Å². The van der Waals surface area contributed by atoms with E-state index in [4.69, 9.17) is 16.3 Å². The molecule has 156 valence electrons. The highest BCUT2D eigenvalue weighted by Gasteiger charge is 2.36. The summed E-state index contributed by atoms with van der Waals surface area (Å²) in [7, 11) is 0. The minimum atomic E-state index is -0.709. The lowest BCUT2D eigenvalue weighted by Crippen LogP contribution is -2.43. The molecular formula is C20H17BrClN3O5. The van der Waals surface area contributed by atoms with E-state index in [1.165, 1.54) is 17.0 Å². The molecule has 0 spiro atoms. The van der Waals surface area contributed by atoms with Crippen molar-refractivity contribution in [3.63, 3.8) is 0 Å². The first kappa shape index (κ1) is 21.8. The van der Waals surface area contributed by atoms with Crippen molar-refractivity contribution in [2.24, 2.45) is 5.92 Å². The van der Waals surface area contributed by atoms with Gasteiger partial charge < -0.3 is 9.64 Å². The van der Waals surface area contributed by atoms with Gasteiger partial charge in [-0.3, -0.25) is 30.0 Å². The Balaban J connectivity index is 1.44. The van der Waals surface area contributed by atoms with Crippen LogP contribution in [-0.4, -0.2) is 36.8 Å². The van der Waals surface area contributed by atoms with Crippen molar-refractivity contribution >= 4 is 56.9 Å². The standard InChI is InChI=1S/C20H17BrClN3O5/c21-14-3-7-16(8-4-14)25-10-13(9-18(25)27)20(29)30-11-17(26)23-24-19(28)12-1-5-15(22)6-2-12/h1-8,13H,9-11H2,(H,23,26)(H,24,28)/t13-/m1/s1. The zero-order valence-electron chi connectivity index (χ0n) is 15.6. The van der Waals surface area contributed by atoms with Gasteiger partial charge >= 0.3 is 5.97 Å². The largest absolute Gasteiger partial charge is 0.455 e. The molecular weight excluding hydrogens is 478 g/mol. The summed E-state index contributed by atoms with van der Waals surface area (Å²) >= 11 is 9.08. The Morgan fingerprint density at radius 1 is 1.07 bits per heavy atom. The van der Waals surface area contributed by atoms with Crippen LogP contribution in [0.5, 0.6) is 0 Å². The van der Waals surface area contributed by atoms with Gasteiger partial charge in [0.1, 0.15) is 0 Å². The number of hydrogen-bond acceptors (Lipinski definition) is 5. The summed E-state index contributed by atoms with van der Waals surface area (Å²) in [5, 5.41) is 0.478. The maximum atomic E-state index is 12.2. The second-order valence-corrected chi connectivity index (χ2v) is 7.85. The highest BCUT2D eigenvalue weighted by Crippen LogP contribution is 2.27. The highest BCUT2D eigenvalue weighted by molar-refractivity contribution is 9.10. The van der Waals surface area contributed by atoms with Gasteiger partial charge in [0, 0.05) is 33.7 Å². The Bertz CT molecular complexity index is 965. The molecule has 0 aliphatic carbocycles. The summed E-state index contributed by atoms with van der Waals surface area (Å²) in [4.78, 5) is 49.7. The second kappa shape index (κ2) is 9.73. The van der Waals surface area contributed by atoms with Crippen LogP contribution in [0.1, 0.15) is 16.8 Å². The van der Waals surface area contributed by atoms with Gasteiger partial charge in [0.05, 0.1) is 5.92 Å². The SMILES string of the molecule is O=C(COC(=O)[C@@H]1CC(=O)N(c2ccc(Br)cc2)C1)NNC(=O)c1ccc(Cl)cc1. The number of carbonyl (C=O) groups is 4. The fourth-order valence-corrected chi connectivity index (χ4v) is 3.22. The summed E-state index contributed by atoms with van der Waals surface area (Å²) in [6.45, 7) is -0.406. The van der Waals surface area contributed by atoms with Crippen LogP contribution < -0.4 is 15.8 Å². The summed E-state index contributed by atoms with van der Waals surface area (Å²) in [6, 6.07) is 13.2. The maximum absolute atomic E-state index is 12.2. The summed E-state index contributed by atoms with van der Waals surface area (Å²) in [6.07, 6.45) is 0.00379. The molecule has 2 aromatic carbocycles. The molecule has 1 atom stereocenters. The Labute approximate surface area is 185 Å². The molecule has 8 nitrogen and oxygen atoms in total. The number of benzene rings is 2. The van der Waals surface area contributed by atoms with E-state index in [9.17, 15) is 19.2 Å². The average molecular weight is 495 g/mol. The van der Waals surface area contributed by atoms with Crippen molar-refractivity contribution in [3.05, 3.63) is 63.6 Å². The number of carbonyl (C=O) groups excluding carboxylic acids is 4. The van der Waals surface area contributed by atoms with Crippen LogP contribution in [0.15, 0.2) is 53.0 Å². The number of hydrogen-bond donors (Lipinski definition) is 2. The number of hydrazine groups is 1.